The number of rotatable bonds is 2. The van der Waals surface area contributed by atoms with Gasteiger partial charge in [-0.1, -0.05) is 0 Å². The summed E-state index contributed by atoms with van der Waals surface area (Å²) in [4.78, 5) is 1.89. The summed E-state index contributed by atoms with van der Waals surface area (Å²) < 4.78 is 36.7. The topological polar surface area (TPSA) is 0 Å². The molecule has 0 spiro atoms. The van der Waals surface area contributed by atoms with E-state index >= 15 is 0 Å². The number of hydrogen-bond acceptors (Lipinski definition) is 0. The fraction of sp³-hybridized carbons (Fsp3) is 1.00. The van der Waals surface area contributed by atoms with Crippen LogP contribution < -0.4 is 21.2 Å². The van der Waals surface area contributed by atoms with Gasteiger partial charge in [-0.2, -0.15) is 0 Å². The van der Waals surface area contributed by atoms with Crippen LogP contribution >= 0.6 is 0 Å². The van der Waals surface area contributed by atoms with Crippen molar-refractivity contribution in [1.29, 1.82) is 0 Å². The molecule has 0 amide bonds. The molecule has 0 bridgehead atoms. The first kappa shape index (κ1) is 11.5. The van der Waals surface area contributed by atoms with Crippen molar-refractivity contribution >= 4 is 0 Å². The van der Waals surface area contributed by atoms with Crippen LogP contribution in [0.2, 0.25) is 0 Å². The van der Waals surface area contributed by atoms with Gasteiger partial charge >= 0.3 is 75.6 Å². The molecule has 0 aliphatic heterocycles. The van der Waals surface area contributed by atoms with E-state index in [4.69, 9.17) is 0 Å². The van der Waals surface area contributed by atoms with Crippen molar-refractivity contribution in [2.24, 2.45) is 5.41 Å². The summed E-state index contributed by atoms with van der Waals surface area (Å²) in [6.45, 7) is 4.24. The fourth-order valence-corrected chi connectivity index (χ4v) is 2.41. The Morgan fingerprint density at radius 2 is 1.55 bits per heavy atom. The van der Waals surface area contributed by atoms with Crippen LogP contribution in [-0.2, 0) is 0 Å². The average Bonchev–Trinajstić information content (AvgIpc) is 1.83. The second-order valence-corrected chi connectivity index (χ2v) is 6.17. The summed E-state index contributed by atoms with van der Waals surface area (Å²) in [7, 11) is 0. The van der Waals surface area contributed by atoms with Crippen LogP contribution in [0.1, 0.15) is 20.8 Å². The maximum absolute atomic E-state index is 12.3. The van der Waals surface area contributed by atoms with Gasteiger partial charge in [0.05, 0.1) is 0 Å². The predicted octanol–water partition coefficient (Wildman–Crippen LogP) is -0.318. The third-order valence-electron chi connectivity index (χ3n) is 2.05. The van der Waals surface area contributed by atoms with E-state index in [1.54, 1.807) is 6.92 Å². The van der Waals surface area contributed by atoms with Crippen LogP contribution in [0, 0.1) is 5.41 Å². The van der Waals surface area contributed by atoms with Crippen molar-refractivity contribution in [2.75, 3.05) is 4.93 Å². The molecule has 1 atom stereocenters. The summed E-state index contributed by atoms with van der Waals surface area (Å²) in [5, 5.41) is 0. The Morgan fingerprint density at radius 3 is 1.64 bits per heavy atom. The molecule has 0 aliphatic carbocycles. The van der Waals surface area contributed by atoms with Gasteiger partial charge in [0.25, 0.3) is 0 Å². The third kappa shape index (κ3) is 2.49. The minimum absolute atomic E-state index is 0.207. The summed E-state index contributed by atoms with van der Waals surface area (Å²) in [5.74, 6) is 0. The van der Waals surface area contributed by atoms with Gasteiger partial charge in [0.15, 0.2) is 0 Å². The van der Waals surface area contributed by atoms with Crippen molar-refractivity contribution in [1.82, 2.24) is 0 Å². The third-order valence-corrected chi connectivity index (χ3v) is 5.48. The van der Waals surface area contributed by atoms with Crippen LogP contribution in [0.4, 0.5) is 13.2 Å². The van der Waals surface area contributed by atoms with Crippen LogP contribution in [-0.4, -0.2) is 15.0 Å². The molecule has 0 aromatic rings. The monoisotopic (exact) mass is 281 g/mol. The fourth-order valence-electron chi connectivity index (χ4n) is 0.498. The van der Waals surface area contributed by atoms with E-state index in [2.05, 4.69) is 0 Å². The van der Waals surface area contributed by atoms with E-state index in [1.165, 1.54) is 13.8 Å². The van der Waals surface area contributed by atoms with Crippen molar-refractivity contribution in [2.45, 2.75) is 30.9 Å². The standard InChI is InChI=1S/C7H13F3I/c1-5(11-4)6(2,3)7(8,9)10/h5H,1-4H3/q-1. The van der Waals surface area contributed by atoms with Crippen LogP contribution in [0.25, 0.3) is 0 Å². The SMILES string of the molecule is C[I-]C(C)C(C)(C)C(F)(F)F. The molecular weight excluding hydrogens is 268 g/mol. The first-order valence-electron chi connectivity index (χ1n) is 3.28. The van der Waals surface area contributed by atoms with Crippen LogP contribution in [0.15, 0.2) is 0 Å². The molecule has 0 saturated heterocycles. The summed E-state index contributed by atoms with van der Waals surface area (Å²) >= 11 is -0.331. The molecule has 11 heavy (non-hydrogen) atoms. The second-order valence-electron chi connectivity index (χ2n) is 3.05. The van der Waals surface area contributed by atoms with E-state index < -0.39 is 11.6 Å². The van der Waals surface area contributed by atoms with E-state index in [0.29, 0.717) is 0 Å². The molecule has 0 fully saturated rings. The van der Waals surface area contributed by atoms with Gasteiger partial charge in [-0.05, 0) is 0 Å². The number of hydrogen-bond donors (Lipinski definition) is 0. The molecule has 1 unspecified atom stereocenters. The number of alkyl halides is 5. The molecular formula is C7H13F3I-. The van der Waals surface area contributed by atoms with E-state index in [0.717, 1.165) is 0 Å². The Hall–Kier alpha value is 0.520. The summed E-state index contributed by atoms with van der Waals surface area (Å²) in [6, 6.07) is 0. The Kier molecular flexibility index (Phi) is 3.66. The molecule has 0 aromatic carbocycles. The maximum atomic E-state index is 12.3. The van der Waals surface area contributed by atoms with Gasteiger partial charge in [0.2, 0.25) is 0 Å². The second kappa shape index (κ2) is 3.49. The summed E-state index contributed by atoms with van der Waals surface area (Å²) in [5.41, 5.74) is -1.50. The van der Waals surface area contributed by atoms with Gasteiger partial charge in [-0.15, -0.1) is 0 Å². The average molecular weight is 281 g/mol. The zero-order chi connectivity index (χ0) is 9.28. The molecule has 0 N–H and O–H groups in total. The first-order valence-corrected chi connectivity index (χ1v) is 6.68. The van der Waals surface area contributed by atoms with Crippen molar-refractivity contribution in [3.63, 3.8) is 0 Å². The zero-order valence-corrected chi connectivity index (χ0v) is 9.25. The van der Waals surface area contributed by atoms with Crippen LogP contribution in [0.5, 0.6) is 0 Å². The molecule has 0 aromatic heterocycles. The van der Waals surface area contributed by atoms with Gasteiger partial charge in [-0.25, -0.2) is 0 Å². The molecule has 0 heterocycles. The predicted molar refractivity (Wildman–Crippen MR) is 35.2 cm³/mol. The van der Waals surface area contributed by atoms with E-state index in [9.17, 15) is 13.2 Å². The Bertz CT molecular complexity index is 128. The zero-order valence-electron chi connectivity index (χ0n) is 7.09. The van der Waals surface area contributed by atoms with Gasteiger partial charge < -0.3 is 0 Å². The van der Waals surface area contributed by atoms with Crippen molar-refractivity contribution in [3.05, 3.63) is 0 Å². The van der Waals surface area contributed by atoms with E-state index in [-0.39, 0.29) is 25.1 Å². The number of halogens is 4. The summed E-state index contributed by atoms with van der Waals surface area (Å²) in [6.07, 6.45) is -4.05. The quantitative estimate of drug-likeness (QED) is 0.481. The van der Waals surface area contributed by atoms with Crippen molar-refractivity contribution < 1.29 is 34.4 Å². The minimum atomic E-state index is -4.05. The molecule has 4 heteroatoms. The molecule has 70 valence electrons. The Morgan fingerprint density at radius 1 is 1.18 bits per heavy atom. The van der Waals surface area contributed by atoms with E-state index in [1.807, 2.05) is 4.93 Å². The molecule has 0 saturated carbocycles. The van der Waals surface area contributed by atoms with Gasteiger partial charge in [-0.3, -0.25) is 0 Å². The Balaban J connectivity index is 4.45. The van der Waals surface area contributed by atoms with Crippen molar-refractivity contribution in [3.8, 4) is 0 Å². The van der Waals surface area contributed by atoms with Crippen LogP contribution in [0.3, 0.4) is 0 Å². The molecule has 0 aliphatic rings. The van der Waals surface area contributed by atoms with Gasteiger partial charge in [0, 0.05) is 0 Å². The normalized spacial score (nSPS) is 17.0. The molecule has 0 rings (SSSR count). The van der Waals surface area contributed by atoms with Gasteiger partial charge in [0.1, 0.15) is 0 Å². The molecule has 0 nitrogen and oxygen atoms in total. The first-order chi connectivity index (χ1) is 4.73. The Labute approximate surface area is 75.8 Å². The molecule has 0 radical (unpaired) electrons.